The molecule has 3 heterocycles. The first kappa shape index (κ1) is 32.3. The Hall–Kier alpha value is -3.64. The average molecular weight is 686 g/mol. The quantitative estimate of drug-likeness (QED) is 0.382. The monoisotopic (exact) mass is 684 g/mol. The van der Waals surface area contributed by atoms with E-state index >= 15 is 0 Å². The van der Waals surface area contributed by atoms with Gasteiger partial charge in [-0.05, 0) is 49.7 Å². The summed E-state index contributed by atoms with van der Waals surface area (Å²) in [6.07, 6.45) is 5.34. The molecule has 43 heavy (non-hydrogen) atoms. The van der Waals surface area contributed by atoms with E-state index in [-0.39, 0.29) is 23.3 Å². The molecule has 1 amide bonds. The standard InChI is InChI=1S/C29H33BrN8O3S2/c1-4-21-15-33-23(11-12-31)16-35-37(3)29(39)27(43(40,41)24-7-5-22(30)6-8-24)17-32-13-14-38(18-21)20(2)25-9-10-26-28(36-25)42-19-34-26/h5-10,15-17,19-21,32,35H,4,11,13-14,18H2,1-3H3/b23-16-,27-17-,33-15+. The van der Waals surface area contributed by atoms with Crippen molar-refractivity contribution in [3.05, 3.63) is 75.1 Å². The third-order valence-corrected chi connectivity index (χ3v) is 10.1. The van der Waals surface area contributed by atoms with Crippen molar-refractivity contribution in [2.24, 2.45) is 10.9 Å². The number of pyridine rings is 1. The fraction of sp³-hybridized carbons (Fsp3) is 0.345. The number of rotatable bonds is 6. The number of amides is 1. The summed E-state index contributed by atoms with van der Waals surface area (Å²) >= 11 is 4.81. The van der Waals surface area contributed by atoms with Gasteiger partial charge in [0.15, 0.2) is 4.91 Å². The second kappa shape index (κ2) is 14.7. The number of carbonyl (C=O) groups excluding carboxylic acids is 1. The number of aromatic nitrogens is 2. The number of aliphatic imine (C=N–C) groups is 1. The van der Waals surface area contributed by atoms with Gasteiger partial charge in [-0.25, -0.2) is 18.4 Å². The lowest BCUT2D eigenvalue weighted by atomic mass is 10.0. The maximum Gasteiger partial charge on any atom is 0.285 e. The molecule has 0 aliphatic carbocycles. The number of likely N-dealkylation sites (N-methyl/N-ethyl adjacent to an activating group) is 1. The van der Waals surface area contributed by atoms with Gasteiger partial charge in [-0.2, -0.15) is 5.26 Å². The highest BCUT2D eigenvalue weighted by Gasteiger charge is 2.30. The molecule has 0 radical (unpaired) electrons. The van der Waals surface area contributed by atoms with E-state index in [2.05, 4.69) is 61.5 Å². The molecular formula is C29H33BrN8O3S2. The van der Waals surface area contributed by atoms with Crippen molar-refractivity contribution in [1.82, 2.24) is 30.6 Å². The van der Waals surface area contributed by atoms with E-state index in [9.17, 15) is 18.5 Å². The lowest BCUT2D eigenvalue weighted by molar-refractivity contribution is -0.127. The molecule has 11 nitrogen and oxygen atoms in total. The molecule has 0 fully saturated rings. The third-order valence-electron chi connectivity index (χ3n) is 7.03. The molecule has 0 saturated heterocycles. The van der Waals surface area contributed by atoms with Crippen LogP contribution >= 0.6 is 27.3 Å². The topological polar surface area (TPSA) is 144 Å². The Morgan fingerprint density at radius 2 is 1.98 bits per heavy atom. The fourth-order valence-corrected chi connectivity index (χ4v) is 6.67. The number of nitriles is 1. The summed E-state index contributed by atoms with van der Waals surface area (Å²) in [6, 6.07) is 12.0. The van der Waals surface area contributed by atoms with Gasteiger partial charge < -0.3 is 10.7 Å². The van der Waals surface area contributed by atoms with E-state index in [1.54, 1.807) is 17.6 Å². The fourth-order valence-electron chi connectivity index (χ4n) is 4.39. The number of fused-ring (bicyclic) bond motifs is 1. The molecule has 2 unspecified atom stereocenters. The number of allylic oxidation sites excluding steroid dienone is 1. The predicted octanol–water partition coefficient (Wildman–Crippen LogP) is 4.55. The first-order chi connectivity index (χ1) is 20.6. The molecule has 1 aromatic carbocycles. The molecule has 0 bridgehead atoms. The Kier molecular flexibility index (Phi) is 11.0. The van der Waals surface area contributed by atoms with E-state index in [1.807, 2.05) is 18.3 Å². The minimum atomic E-state index is -4.18. The summed E-state index contributed by atoms with van der Waals surface area (Å²) < 4.78 is 28.0. The van der Waals surface area contributed by atoms with Crippen molar-refractivity contribution in [3.8, 4) is 6.07 Å². The predicted molar refractivity (Wildman–Crippen MR) is 171 cm³/mol. The number of benzene rings is 1. The van der Waals surface area contributed by atoms with Crippen LogP contribution in [0.25, 0.3) is 10.3 Å². The number of thiazole rings is 1. The van der Waals surface area contributed by atoms with Crippen molar-refractivity contribution >= 4 is 59.6 Å². The summed E-state index contributed by atoms with van der Waals surface area (Å²) in [5, 5.41) is 13.5. The molecule has 0 saturated carbocycles. The molecule has 1 aliphatic rings. The second-order valence-corrected chi connectivity index (χ2v) is 13.6. The minimum absolute atomic E-state index is 0.00229. The van der Waals surface area contributed by atoms with Crippen LogP contribution in [0.4, 0.5) is 0 Å². The van der Waals surface area contributed by atoms with Crippen LogP contribution in [0.3, 0.4) is 0 Å². The van der Waals surface area contributed by atoms with Gasteiger partial charge in [0, 0.05) is 61.7 Å². The molecule has 2 N–H and O–H groups in total. The number of hydrogen-bond donors (Lipinski definition) is 2. The zero-order valence-electron chi connectivity index (χ0n) is 24.1. The Labute approximate surface area is 264 Å². The highest BCUT2D eigenvalue weighted by atomic mass is 79.9. The van der Waals surface area contributed by atoms with Crippen LogP contribution in [-0.2, 0) is 14.6 Å². The molecule has 226 valence electrons. The molecule has 0 spiro atoms. The SMILES string of the molecule is CCC1/C=N/C(CC#N)=C\NN(C)C(=O)/C(S(=O)(=O)c2ccc(Br)cc2)=C/NCCN(C(C)c2ccc3ncsc3n2)C1. The van der Waals surface area contributed by atoms with Crippen LogP contribution in [0.1, 0.15) is 38.4 Å². The number of nitrogens with one attached hydrogen (secondary N) is 2. The lowest BCUT2D eigenvalue weighted by Gasteiger charge is -2.31. The number of halogens is 1. The van der Waals surface area contributed by atoms with Crippen molar-refractivity contribution in [2.45, 2.75) is 37.6 Å². The van der Waals surface area contributed by atoms with Crippen LogP contribution in [0, 0.1) is 17.2 Å². The Morgan fingerprint density at radius 1 is 1.21 bits per heavy atom. The number of carbonyl (C=O) groups is 1. The minimum Gasteiger partial charge on any atom is -0.388 e. The second-order valence-electron chi connectivity index (χ2n) is 9.91. The van der Waals surface area contributed by atoms with Gasteiger partial charge in [-0.15, -0.1) is 11.3 Å². The van der Waals surface area contributed by atoms with Gasteiger partial charge in [0.25, 0.3) is 5.91 Å². The van der Waals surface area contributed by atoms with E-state index in [0.29, 0.717) is 29.8 Å². The number of nitrogens with zero attached hydrogens (tertiary/aromatic N) is 6. The van der Waals surface area contributed by atoms with Crippen molar-refractivity contribution in [3.63, 3.8) is 0 Å². The maximum absolute atomic E-state index is 13.6. The number of sulfone groups is 1. The zero-order chi connectivity index (χ0) is 31.0. The van der Waals surface area contributed by atoms with E-state index < -0.39 is 20.6 Å². The van der Waals surface area contributed by atoms with Gasteiger partial charge in [0.2, 0.25) is 9.84 Å². The molecule has 1 aliphatic heterocycles. The van der Waals surface area contributed by atoms with Gasteiger partial charge in [0.05, 0.1) is 39.8 Å². The largest absolute Gasteiger partial charge is 0.388 e. The van der Waals surface area contributed by atoms with Gasteiger partial charge >= 0.3 is 0 Å². The summed E-state index contributed by atoms with van der Waals surface area (Å²) in [6.45, 7) is 5.69. The molecule has 2 atom stereocenters. The van der Waals surface area contributed by atoms with E-state index in [1.165, 1.54) is 42.9 Å². The highest BCUT2D eigenvalue weighted by molar-refractivity contribution is 9.10. The van der Waals surface area contributed by atoms with Crippen LogP contribution in [0.15, 0.2) is 79.3 Å². The highest BCUT2D eigenvalue weighted by Crippen LogP contribution is 2.25. The van der Waals surface area contributed by atoms with Crippen LogP contribution in [-0.4, -0.2) is 67.1 Å². The third kappa shape index (κ3) is 8.05. The van der Waals surface area contributed by atoms with Gasteiger partial charge in [-0.3, -0.25) is 19.7 Å². The summed E-state index contributed by atoms with van der Waals surface area (Å²) in [7, 11) is -2.76. The van der Waals surface area contributed by atoms with Crippen molar-refractivity contribution < 1.29 is 13.2 Å². The average Bonchev–Trinajstić information content (AvgIpc) is 3.47. The smallest absolute Gasteiger partial charge is 0.285 e. The van der Waals surface area contributed by atoms with Crippen LogP contribution in [0.2, 0.25) is 0 Å². The first-order valence-electron chi connectivity index (χ1n) is 13.7. The number of hydrazine groups is 1. The number of hydrogen-bond acceptors (Lipinski definition) is 11. The molecule has 4 rings (SSSR count). The van der Waals surface area contributed by atoms with Gasteiger partial charge in [-0.1, -0.05) is 22.9 Å². The molecular weight excluding hydrogens is 652 g/mol. The molecule has 2 aromatic heterocycles. The molecule has 14 heteroatoms. The van der Waals surface area contributed by atoms with Crippen LogP contribution < -0.4 is 10.7 Å². The zero-order valence-corrected chi connectivity index (χ0v) is 27.3. The molecule has 3 aromatic rings. The van der Waals surface area contributed by atoms with E-state index in [4.69, 9.17) is 4.98 Å². The van der Waals surface area contributed by atoms with Crippen LogP contribution in [0.5, 0.6) is 0 Å². The Morgan fingerprint density at radius 3 is 2.70 bits per heavy atom. The Bertz CT molecular complexity index is 1680. The van der Waals surface area contributed by atoms with Crippen molar-refractivity contribution in [2.75, 3.05) is 26.7 Å². The lowest BCUT2D eigenvalue weighted by Crippen LogP contribution is -2.40. The summed E-state index contributed by atoms with van der Waals surface area (Å²) in [5.41, 5.74) is 6.71. The van der Waals surface area contributed by atoms with Crippen molar-refractivity contribution in [1.29, 1.82) is 5.26 Å². The van der Waals surface area contributed by atoms with Gasteiger partial charge in [0.1, 0.15) is 4.83 Å². The Balaban J connectivity index is 1.71. The van der Waals surface area contributed by atoms with E-state index in [0.717, 1.165) is 27.5 Å². The summed E-state index contributed by atoms with van der Waals surface area (Å²) in [5.74, 6) is -0.717. The normalized spacial score (nSPS) is 21.6. The summed E-state index contributed by atoms with van der Waals surface area (Å²) in [4.78, 5) is 29.9. The first-order valence-corrected chi connectivity index (χ1v) is 16.8. The maximum atomic E-state index is 13.6.